The Balaban J connectivity index is 1.59. The lowest BCUT2D eigenvalue weighted by Gasteiger charge is -2.19. The number of thiophene rings is 1. The average Bonchev–Trinajstić information content (AvgIpc) is 3.39. The highest BCUT2D eigenvalue weighted by molar-refractivity contribution is 7.10. The van der Waals surface area contributed by atoms with Crippen molar-refractivity contribution in [1.82, 2.24) is 15.5 Å². The predicted octanol–water partition coefficient (Wildman–Crippen LogP) is 5.44. The fourth-order valence-electron chi connectivity index (χ4n) is 3.20. The molecule has 1 aromatic carbocycles. The molecule has 154 valence electrons. The van der Waals surface area contributed by atoms with E-state index in [4.69, 9.17) is 4.52 Å². The van der Waals surface area contributed by atoms with Gasteiger partial charge >= 0.3 is 0 Å². The van der Waals surface area contributed by atoms with Gasteiger partial charge in [-0.05, 0) is 41.3 Å². The Bertz CT molecular complexity index is 885. The van der Waals surface area contributed by atoms with E-state index in [1.165, 1.54) is 5.56 Å². The molecule has 0 radical (unpaired) electrons. The molecule has 5 nitrogen and oxygen atoms in total. The lowest BCUT2D eigenvalue weighted by atomic mass is 9.98. The van der Waals surface area contributed by atoms with Crippen molar-refractivity contribution in [3.05, 3.63) is 69.5 Å². The highest BCUT2D eigenvalue weighted by atomic mass is 32.1. The average molecular weight is 412 g/mol. The minimum atomic E-state index is -0.122. The van der Waals surface area contributed by atoms with Gasteiger partial charge in [-0.2, -0.15) is 4.98 Å². The van der Waals surface area contributed by atoms with Crippen LogP contribution in [-0.2, 0) is 17.6 Å². The van der Waals surface area contributed by atoms with E-state index >= 15 is 0 Å². The van der Waals surface area contributed by atoms with Crippen molar-refractivity contribution < 1.29 is 9.32 Å². The first kappa shape index (κ1) is 21.2. The zero-order valence-corrected chi connectivity index (χ0v) is 18.2. The maximum absolute atomic E-state index is 12.6. The van der Waals surface area contributed by atoms with E-state index in [0.717, 1.165) is 29.1 Å². The molecule has 0 spiro atoms. The molecule has 0 aliphatic rings. The monoisotopic (exact) mass is 411 g/mol. The second-order valence-corrected chi connectivity index (χ2v) is 8.52. The summed E-state index contributed by atoms with van der Waals surface area (Å²) in [5, 5.41) is 9.20. The van der Waals surface area contributed by atoms with Gasteiger partial charge in [0.15, 0.2) is 5.82 Å². The third-order valence-electron chi connectivity index (χ3n) is 4.85. The molecular weight excluding hydrogens is 382 g/mol. The van der Waals surface area contributed by atoms with Crippen LogP contribution in [0, 0.1) is 0 Å². The van der Waals surface area contributed by atoms with Gasteiger partial charge < -0.3 is 9.84 Å². The Morgan fingerprint density at radius 1 is 1.14 bits per heavy atom. The van der Waals surface area contributed by atoms with Crippen LogP contribution in [0.3, 0.4) is 0 Å². The van der Waals surface area contributed by atoms with Gasteiger partial charge in [-0.1, -0.05) is 56.3 Å². The van der Waals surface area contributed by atoms with Crippen LogP contribution in [0.2, 0.25) is 0 Å². The van der Waals surface area contributed by atoms with Crippen molar-refractivity contribution in [2.75, 3.05) is 0 Å². The highest BCUT2D eigenvalue weighted by Crippen LogP contribution is 2.27. The van der Waals surface area contributed by atoms with Crippen LogP contribution < -0.4 is 5.32 Å². The van der Waals surface area contributed by atoms with Crippen LogP contribution >= 0.6 is 11.3 Å². The standard InChI is InChI=1S/C23H29N3O2S/c1-4-7-20-24-22(28-26-20)10-5-9-21(27)25-23(19-8-6-15-29-19)18-13-11-17(12-14-18)16(2)3/h6,8,11-16,23H,4-5,7,9-10H2,1-3H3,(H,25,27). The highest BCUT2D eigenvalue weighted by Gasteiger charge is 2.18. The summed E-state index contributed by atoms with van der Waals surface area (Å²) in [7, 11) is 0. The van der Waals surface area contributed by atoms with Gasteiger partial charge in [-0.25, -0.2) is 0 Å². The fourth-order valence-corrected chi connectivity index (χ4v) is 4.00. The Morgan fingerprint density at radius 3 is 2.55 bits per heavy atom. The third-order valence-corrected chi connectivity index (χ3v) is 5.78. The van der Waals surface area contributed by atoms with Crippen LogP contribution in [0.15, 0.2) is 46.3 Å². The second-order valence-electron chi connectivity index (χ2n) is 7.55. The molecule has 0 aliphatic carbocycles. The summed E-state index contributed by atoms with van der Waals surface area (Å²) in [6.45, 7) is 6.45. The topological polar surface area (TPSA) is 68.0 Å². The van der Waals surface area contributed by atoms with Crippen LogP contribution in [-0.4, -0.2) is 16.0 Å². The molecular formula is C23H29N3O2S. The minimum absolute atomic E-state index is 0.0321. The van der Waals surface area contributed by atoms with E-state index in [9.17, 15) is 4.79 Å². The maximum Gasteiger partial charge on any atom is 0.226 e. The van der Waals surface area contributed by atoms with E-state index in [1.807, 2.05) is 11.4 Å². The first-order chi connectivity index (χ1) is 14.1. The fraction of sp³-hybridized carbons (Fsp3) is 0.435. The lowest BCUT2D eigenvalue weighted by molar-refractivity contribution is -0.121. The number of benzene rings is 1. The van der Waals surface area contributed by atoms with Crippen molar-refractivity contribution in [2.45, 2.75) is 64.8 Å². The number of aromatic nitrogens is 2. The predicted molar refractivity (Wildman–Crippen MR) is 116 cm³/mol. The molecule has 6 heteroatoms. The summed E-state index contributed by atoms with van der Waals surface area (Å²) in [5.41, 5.74) is 2.40. The maximum atomic E-state index is 12.6. The zero-order chi connectivity index (χ0) is 20.6. The number of carbonyl (C=O) groups excluding carboxylic acids is 1. The van der Waals surface area contributed by atoms with Gasteiger partial charge in [-0.15, -0.1) is 11.3 Å². The first-order valence-electron chi connectivity index (χ1n) is 10.3. The molecule has 0 fully saturated rings. The van der Waals surface area contributed by atoms with Gasteiger partial charge in [0.1, 0.15) is 0 Å². The van der Waals surface area contributed by atoms with Gasteiger partial charge in [-0.3, -0.25) is 4.79 Å². The summed E-state index contributed by atoms with van der Waals surface area (Å²) in [4.78, 5) is 18.1. The van der Waals surface area contributed by atoms with Crippen molar-refractivity contribution in [2.24, 2.45) is 0 Å². The number of carbonyl (C=O) groups is 1. The zero-order valence-electron chi connectivity index (χ0n) is 17.4. The number of aryl methyl sites for hydroxylation is 2. The van der Waals surface area contributed by atoms with Gasteiger partial charge in [0, 0.05) is 24.1 Å². The Kier molecular flexibility index (Phi) is 7.58. The van der Waals surface area contributed by atoms with Crippen molar-refractivity contribution in [1.29, 1.82) is 0 Å². The third kappa shape index (κ3) is 6.00. The molecule has 0 bridgehead atoms. The molecule has 0 saturated heterocycles. The van der Waals surface area contributed by atoms with Crippen molar-refractivity contribution in [3.8, 4) is 0 Å². The minimum Gasteiger partial charge on any atom is -0.344 e. The summed E-state index contributed by atoms with van der Waals surface area (Å²) in [5.74, 6) is 1.88. The van der Waals surface area contributed by atoms with E-state index in [0.29, 0.717) is 31.1 Å². The summed E-state index contributed by atoms with van der Waals surface area (Å²) >= 11 is 1.66. The molecule has 3 aromatic rings. The van der Waals surface area contributed by atoms with Crippen LogP contribution in [0.25, 0.3) is 0 Å². The van der Waals surface area contributed by atoms with Crippen LogP contribution in [0.5, 0.6) is 0 Å². The number of amides is 1. The number of nitrogens with one attached hydrogen (secondary N) is 1. The second kappa shape index (κ2) is 10.3. The first-order valence-corrected chi connectivity index (χ1v) is 11.2. The number of rotatable bonds is 10. The molecule has 0 saturated carbocycles. The smallest absolute Gasteiger partial charge is 0.226 e. The molecule has 1 unspecified atom stereocenters. The number of nitrogens with zero attached hydrogens (tertiary/aromatic N) is 2. The van der Waals surface area contributed by atoms with Gasteiger partial charge in [0.05, 0.1) is 6.04 Å². The largest absolute Gasteiger partial charge is 0.344 e. The molecule has 1 atom stereocenters. The Morgan fingerprint density at radius 2 is 1.90 bits per heavy atom. The molecule has 3 rings (SSSR count). The van der Waals surface area contributed by atoms with E-state index < -0.39 is 0 Å². The Labute approximate surface area is 176 Å². The number of hydrogen-bond acceptors (Lipinski definition) is 5. The molecule has 0 aliphatic heterocycles. The normalized spacial score (nSPS) is 12.3. The molecule has 1 amide bonds. The molecule has 2 aromatic heterocycles. The van der Waals surface area contributed by atoms with Crippen LogP contribution in [0.4, 0.5) is 0 Å². The Hall–Kier alpha value is -2.47. The SMILES string of the molecule is CCCc1noc(CCCC(=O)NC(c2ccc(C(C)C)cc2)c2cccs2)n1. The summed E-state index contributed by atoms with van der Waals surface area (Å²) < 4.78 is 5.25. The van der Waals surface area contributed by atoms with E-state index in [1.54, 1.807) is 11.3 Å². The number of hydrogen-bond donors (Lipinski definition) is 1. The molecule has 29 heavy (non-hydrogen) atoms. The van der Waals surface area contributed by atoms with Crippen molar-refractivity contribution >= 4 is 17.2 Å². The summed E-state index contributed by atoms with van der Waals surface area (Å²) in [6.07, 6.45) is 3.54. The molecule has 1 N–H and O–H groups in total. The molecule has 2 heterocycles. The van der Waals surface area contributed by atoms with Crippen molar-refractivity contribution in [3.63, 3.8) is 0 Å². The quantitative estimate of drug-likeness (QED) is 0.483. The van der Waals surface area contributed by atoms with E-state index in [-0.39, 0.29) is 11.9 Å². The van der Waals surface area contributed by atoms with Gasteiger partial charge in [0.2, 0.25) is 11.8 Å². The van der Waals surface area contributed by atoms with Crippen LogP contribution in [0.1, 0.15) is 79.7 Å². The summed E-state index contributed by atoms with van der Waals surface area (Å²) in [6, 6.07) is 12.5. The lowest BCUT2D eigenvalue weighted by Crippen LogP contribution is -2.28. The van der Waals surface area contributed by atoms with Gasteiger partial charge in [0.25, 0.3) is 0 Å². The van der Waals surface area contributed by atoms with E-state index in [2.05, 4.69) is 66.6 Å².